The monoisotopic (exact) mass is 332 g/mol. The lowest BCUT2D eigenvalue weighted by Gasteiger charge is -2.20. The first-order valence-electron chi connectivity index (χ1n) is 6.64. The maximum Gasteiger partial charge on any atom is 0.261 e. The fourth-order valence-corrected chi connectivity index (χ4v) is 4.18. The average molecular weight is 332 g/mol. The zero-order valence-corrected chi connectivity index (χ0v) is 14.0. The molecule has 6 nitrogen and oxygen atoms in total. The highest BCUT2D eigenvalue weighted by atomic mass is 32.2. The van der Waals surface area contributed by atoms with Crippen molar-refractivity contribution in [3.05, 3.63) is 21.9 Å². The van der Waals surface area contributed by atoms with E-state index in [-0.39, 0.29) is 23.6 Å². The van der Waals surface area contributed by atoms with E-state index in [0.29, 0.717) is 18.1 Å². The van der Waals surface area contributed by atoms with Gasteiger partial charge >= 0.3 is 0 Å². The molecule has 2 heterocycles. The molecular formula is C13H20N2O4S2. The molecule has 0 spiro atoms. The topological polar surface area (TPSA) is 75.7 Å². The molecule has 0 bridgehead atoms. The summed E-state index contributed by atoms with van der Waals surface area (Å²) in [6, 6.07) is 1.62. The molecule has 0 aliphatic carbocycles. The van der Waals surface area contributed by atoms with E-state index in [1.54, 1.807) is 0 Å². The Morgan fingerprint density at radius 1 is 1.48 bits per heavy atom. The third-order valence-corrected chi connectivity index (χ3v) is 6.54. The second-order valence-electron chi connectivity index (χ2n) is 5.37. The number of hydrogen-bond acceptors (Lipinski definition) is 5. The Kier molecular flexibility index (Phi) is 5.03. The van der Waals surface area contributed by atoms with E-state index in [1.807, 2.05) is 18.4 Å². The Bertz CT molecular complexity index is 609. The molecule has 1 amide bonds. The highest BCUT2D eigenvalue weighted by Crippen LogP contribution is 2.20. The molecule has 2 rings (SSSR count). The molecule has 1 fully saturated rings. The quantitative estimate of drug-likeness (QED) is 0.861. The van der Waals surface area contributed by atoms with Crippen LogP contribution in [0.15, 0.2) is 11.4 Å². The van der Waals surface area contributed by atoms with Crippen molar-refractivity contribution in [2.75, 3.05) is 33.1 Å². The van der Waals surface area contributed by atoms with Crippen molar-refractivity contribution in [2.45, 2.75) is 13.0 Å². The van der Waals surface area contributed by atoms with Gasteiger partial charge in [-0.2, -0.15) is 0 Å². The van der Waals surface area contributed by atoms with Gasteiger partial charge in [-0.3, -0.25) is 4.79 Å². The van der Waals surface area contributed by atoms with Crippen molar-refractivity contribution >= 4 is 27.3 Å². The van der Waals surface area contributed by atoms with Crippen molar-refractivity contribution in [1.82, 2.24) is 9.62 Å². The number of aryl methyl sites for hydroxylation is 1. The van der Waals surface area contributed by atoms with Crippen molar-refractivity contribution in [1.29, 1.82) is 0 Å². The fourth-order valence-electron chi connectivity index (χ4n) is 2.18. The summed E-state index contributed by atoms with van der Waals surface area (Å²) in [5.74, 6) is -0.402. The summed E-state index contributed by atoms with van der Waals surface area (Å²) >= 11 is 1.38. The van der Waals surface area contributed by atoms with Crippen LogP contribution in [-0.4, -0.2) is 57.7 Å². The van der Waals surface area contributed by atoms with Crippen LogP contribution in [0.3, 0.4) is 0 Å². The van der Waals surface area contributed by atoms with E-state index in [1.165, 1.54) is 29.7 Å². The molecule has 2 atom stereocenters. The van der Waals surface area contributed by atoms with Gasteiger partial charge in [0.2, 0.25) is 10.0 Å². The van der Waals surface area contributed by atoms with E-state index in [9.17, 15) is 13.2 Å². The van der Waals surface area contributed by atoms with Gasteiger partial charge in [0.05, 0.1) is 29.9 Å². The summed E-state index contributed by atoms with van der Waals surface area (Å²) in [5, 5.41) is 4.76. The van der Waals surface area contributed by atoms with Crippen LogP contribution in [0.25, 0.3) is 0 Å². The molecule has 0 saturated carbocycles. The van der Waals surface area contributed by atoms with Gasteiger partial charge in [-0.15, -0.1) is 11.3 Å². The first kappa shape index (κ1) is 16.4. The van der Waals surface area contributed by atoms with Crippen LogP contribution in [0, 0.1) is 12.8 Å². The number of carbonyl (C=O) groups excluding carboxylic acids is 1. The number of ether oxygens (including phenoxy) is 1. The molecule has 1 aliphatic rings. The van der Waals surface area contributed by atoms with Gasteiger partial charge in [-0.1, -0.05) is 0 Å². The van der Waals surface area contributed by atoms with Crippen LogP contribution < -0.4 is 5.32 Å². The highest BCUT2D eigenvalue weighted by molar-refractivity contribution is 7.89. The van der Waals surface area contributed by atoms with E-state index in [0.717, 1.165) is 5.56 Å². The second kappa shape index (κ2) is 6.43. The van der Waals surface area contributed by atoms with Gasteiger partial charge in [-0.05, 0) is 23.9 Å². The molecule has 21 heavy (non-hydrogen) atoms. The van der Waals surface area contributed by atoms with E-state index in [2.05, 4.69) is 5.32 Å². The summed E-state index contributed by atoms with van der Waals surface area (Å²) in [7, 11) is -0.292. The lowest BCUT2D eigenvalue weighted by Crippen LogP contribution is -2.43. The third kappa shape index (κ3) is 3.82. The van der Waals surface area contributed by atoms with Crippen molar-refractivity contribution in [2.24, 2.45) is 5.92 Å². The van der Waals surface area contributed by atoms with Gasteiger partial charge in [0.15, 0.2) is 0 Å². The number of sulfonamides is 1. The molecular weight excluding hydrogens is 312 g/mol. The molecule has 0 radical (unpaired) electrons. The third-order valence-electron chi connectivity index (χ3n) is 3.56. The zero-order chi connectivity index (χ0) is 15.6. The normalized spacial score (nSPS) is 22.7. The summed E-state index contributed by atoms with van der Waals surface area (Å²) < 4.78 is 30.5. The first-order chi connectivity index (χ1) is 9.81. The zero-order valence-electron chi connectivity index (χ0n) is 12.3. The number of rotatable bonds is 5. The molecule has 1 aliphatic heterocycles. The fraction of sp³-hybridized carbons (Fsp3) is 0.615. The predicted octanol–water partition coefficient (Wildman–Crippen LogP) is 0.693. The number of carbonyl (C=O) groups is 1. The van der Waals surface area contributed by atoms with Crippen LogP contribution >= 0.6 is 11.3 Å². The van der Waals surface area contributed by atoms with Crippen molar-refractivity contribution in [3.8, 4) is 0 Å². The SMILES string of the molecule is Cc1ccsc1C(=O)N[C@@H]1COC[C@H]1CS(=O)(=O)N(C)C. The minimum absolute atomic E-state index is 0.0195. The summed E-state index contributed by atoms with van der Waals surface area (Å²) in [6.07, 6.45) is 0. The number of nitrogens with zero attached hydrogens (tertiary/aromatic N) is 1. The van der Waals surface area contributed by atoms with Crippen molar-refractivity contribution in [3.63, 3.8) is 0 Å². The molecule has 0 unspecified atom stereocenters. The van der Waals surface area contributed by atoms with Crippen LogP contribution in [-0.2, 0) is 14.8 Å². The Hall–Kier alpha value is -0.960. The molecule has 8 heteroatoms. The minimum atomic E-state index is -3.31. The summed E-state index contributed by atoms with van der Waals surface area (Å²) in [5.41, 5.74) is 0.925. The number of thiophene rings is 1. The molecule has 118 valence electrons. The Labute approximate surface area is 129 Å². The smallest absolute Gasteiger partial charge is 0.261 e. The molecule has 1 N–H and O–H groups in total. The van der Waals surface area contributed by atoms with E-state index < -0.39 is 10.0 Å². The Morgan fingerprint density at radius 2 is 2.19 bits per heavy atom. The van der Waals surface area contributed by atoms with Gasteiger partial charge in [0.1, 0.15) is 0 Å². The lowest BCUT2D eigenvalue weighted by atomic mass is 10.1. The van der Waals surface area contributed by atoms with E-state index in [4.69, 9.17) is 4.74 Å². The average Bonchev–Trinajstić information content (AvgIpc) is 2.98. The molecule has 1 aromatic rings. The Morgan fingerprint density at radius 3 is 2.76 bits per heavy atom. The Balaban J connectivity index is 2.03. The maximum atomic E-state index is 12.2. The maximum absolute atomic E-state index is 12.2. The number of hydrogen-bond donors (Lipinski definition) is 1. The number of amides is 1. The van der Waals surface area contributed by atoms with Crippen LogP contribution in [0.5, 0.6) is 0 Å². The molecule has 1 saturated heterocycles. The van der Waals surface area contributed by atoms with Gasteiger partial charge in [0.25, 0.3) is 5.91 Å². The predicted molar refractivity (Wildman–Crippen MR) is 82.1 cm³/mol. The summed E-state index contributed by atoms with van der Waals surface area (Å²) in [4.78, 5) is 12.9. The van der Waals surface area contributed by atoms with Gasteiger partial charge in [0, 0.05) is 20.0 Å². The molecule has 1 aromatic heterocycles. The van der Waals surface area contributed by atoms with Crippen LogP contribution in [0.2, 0.25) is 0 Å². The van der Waals surface area contributed by atoms with Crippen LogP contribution in [0.4, 0.5) is 0 Å². The van der Waals surface area contributed by atoms with E-state index >= 15 is 0 Å². The molecule has 0 aromatic carbocycles. The largest absolute Gasteiger partial charge is 0.379 e. The lowest BCUT2D eigenvalue weighted by molar-refractivity contribution is 0.0929. The van der Waals surface area contributed by atoms with Gasteiger partial charge in [-0.25, -0.2) is 12.7 Å². The van der Waals surface area contributed by atoms with Crippen molar-refractivity contribution < 1.29 is 17.9 Å². The number of nitrogens with one attached hydrogen (secondary N) is 1. The second-order valence-corrected chi connectivity index (χ2v) is 8.51. The summed E-state index contributed by atoms with van der Waals surface area (Å²) in [6.45, 7) is 2.58. The standard InChI is InChI=1S/C13H20N2O4S2/c1-9-4-5-20-12(9)13(16)14-11-7-19-6-10(11)8-21(17,18)15(2)3/h4-5,10-11H,6-8H2,1-3H3,(H,14,16)/t10-,11+/m0/s1. The highest BCUT2D eigenvalue weighted by Gasteiger charge is 2.34. The van der Waals surface area contributed by atoms with Crippen LogP contribution in [0.1, 0.15) is 15.2 Å². The minimum Gasteiger partial charge on any atom is -0.379 e. The first-order valence-corrected chi connectivity index (χ1v) is 9.13. The van der Waals surface area contributed by atoms with Gasteiger partial charge < -0.3 is 10.1 Å².